The summed E-state index contributed by atoms with van der Waals surface area (Å²) in [5.74, 6) is 0.406. The smallest absolute Gasteiger partial charge is 0.324 e. The molecular weight excluding hydrogens is 346 g/mol. The van der Waals surface area contributed by atoms with Gasteiger partial charge in [-0.25, -0.2) is 0 Å². The first-order valence-electron chi connectivity index (χ1n) is 8.99. The number of carbonyl (C=O) groups is 1. The van der Waals surface area contributed by atoms with E-state index in [4.69, 9.17) is 10.5 Å². The Kier molecular flexibility index (Phi) is 6.53. The Morgan fingerprint density at radius 3 is 2.81 bits per heavy atom. The molecule has 0 spiro atoms. The second kappa shape index (κ2) is 8.86. The molecule has 2 unspecified atom stereocenters. The zero-order chi connectivity index (χ0) is 18.5. The van der Waals surface area contributed by atoms with Crippen LogP contribution in [0.1, 0.15) is 5.56 Å². The molecule has 140 valence electrons. The van der Waals surface area contributed by atoms with Gasteiger partial charge in [0.25, 0.3) is 0 Å². The maximum absolute atomic E-state index is 12.3. The van der Waals surface area contributed by atoms with Crippen LogP contribution in [-0.4, -0.2) is 66.9 Å². The summed E-state index contributed by atoms with van der Waals surface area (Å²) in [5, 5.41) is 2.51. The van der Waals surface area contributed by atoms with Crippen LogP contribution in [0.4, 0.5) is 0 Å². The standard InChI is InChI=1S/C20H27N3O2S/c1-25-20(24)19-13-22(9-10-23(19)12-17(21)14-26)11-16-7-4-6-15-5-2-3-8-18(15)16/h2-8,17,19,26H,9-14,21H2,1H3. The fraction of sp³-hybridized carbons (Fsp3) is 0.450. The highest BCUT2D eigenvalue weighted by molar-refractivity contribution is 7.80. The van der Waals surface area contributed by atoms with Gasteiger partial charge >= 0.3 is 5.97 Å². The maximum atomic E-state index is 12.3. The molecule has 0 radical (unpaired) electrons. The number of ether oxygens (including phenoxy) is 1. The van der Waals surface area contributed by atoms with Crippen molar-refractivity contribution in [3.63, 3.8) is 0 Å². The second-order valence-corrected chi connectivity index (χ2v) is 7.22. The highest BCUT2D eigenvalue weighted by Gasteiger charge is 2.33. The average molecular weight is 374 g/mol. The number of hydrogen-bond acceptors (Lipinski definition) is 6. The van der Waals surface area contributed by atoms with E-state index in [2.05, 4.69) is 64.9 Å². The van der Waals surface area contributed by atoms with Gasteiger partial charge in [0.15, 0.2) is 0 Å². The van der Waals surface area contributed by atoms with E-state index in [1.54, 1.807) is 0 Å². The Bertz CT molecular complexity index is 749. The first-order valence-corrected chi connectivity index (χ1v) is 9.63. The van der Waals surface area contributed by atoms with Crippen LogP contribution in [0.15, 0.2) is 42.5 Å². The molecule has 1 saturated heterocycles. The first-order chi connectivity index (χ1) is 12.6. The predicted molar refractivity (Wildman–Crippen MR) is 108 cm³/mol. The van der Waals surface area contributed by atoms with E-state index in [1.807, 2.05) is 0 Å². The number of hydrogen-bond donors (Lipinski definition) is 2. The van der Waals surface area contributed by atoms with Crippen LogP contribution in [0.25, 0.3) is 10.8 Å². The van der Waals surface area contributed by atoms with Gasteiger partial charge in [0.05, 0.1) is 7.11 Å². The molecule has 0 aliphatic carbocycles. The molecule has 1 aliphatic rings. The molecule has 6 heteroatoms. The molecule has 26 heavy (non-hydrogen) atoms. The molecule has 0 bridgehead atoms. The number of nitrogens with zero attached hydrogens (tertiary/aromatic N) is 2. The van der Waals surface area contributed by atoms with Crippen molar-refractivity contribution in [2.45, 2.75) is 18.6 Å². The van der Waals surface area contributed by atoms with Crippen molar-refractivity contribution >= 4 is 29.4 Å². The van der Waals surface area contributed by atoms with E-state index in [0.717, 1.165) is 19.6 Å². The van der Waals surface area contributed by atoms with E-state index >= 15 is 0 Å². The number of fused-ring (bicyclic) bond motifs is 1. The fourth-order valence-corrected chi connectivity index (χ4v) is 3.74. The van der Waals surface area contributed by atoms with Crippen LogP contribution < -0.4 is 5.73 Å². The summed E-state index contributed by atoms with van der Waals surface area (Å²) in [5.41, 5.74) is 7.33. The van der Waals surface area contributed by atoms with Crippen molar-refractivity contribution in [3.8, 4) is 0 Å². The number of benzene rings is 2. The molecule has 0 amide bonds. The lowest BCUT2D eigenvalue weighted by Crippen LogP contribution is -2.58. The van der Waals surface area contributed by atoms with Crippen molar-refractivity contribution in [1.82, 2.24) is 9.80 Å². The molecule has 1 heterocycles. The largest absolute Gasteiger partial charge is 0.468 e. The lowest BCUT2D eigenvalue weighted by atomic mass is 10.0. The third-order valence-electron chi connectivity index (χ3n) is 5.03. The van der Waals surface area contributed by atoms with Crippen LogP contribution >= 0.6 is 12.6 Å². The van der Waals surface area contributed by atoms with Crippen LogP contribution in [0.5, 0.6) is 0 Å². The molecule has 2 N–H and O–H groups in total. The minimum Gasteiger partial charge on any atom is -0.468 e. The average Bonchev–Trinajstić information content (AvgIpc) is 2.68. The summed E-state index contributed by atoms with van der Waals surface area (Å²) < 4.78 is 5.04. The Labute approximate surface area is 160 Å². The summed E-state index contributed by atoms with van der Waals surface area (Å²) >= 11 is 4.26. The summed E-state index contributed by atoms with van der Waals surface area (Å²) in [4.78, 5) is 16.8. The zero-order valence-corrected chi connectivity index (χ0v) is 16.1. The number of thiol groups is 1. The highest BCUT2D eigenvalue weighted by atomic mass is 32.1. The molecule has 3 rings (SSSR count). The van der Waals surface area contributed by atoms with Gasteiger partial charge in [-0.15, -0.1) is 0 Å². The maximum Gasteiger partial charge on any atom is 0.324 e. The van der Waals surface area contributed by atoms with Gasteiger partial charge in [0.1, 0.15) is 6.04 Å². The molecule has 0 saturated carbocycles. The van der Waals surface area contributed by atoms with Gasteiger partial charge in [-0.3, -0.25) is 14.6 Å². The third-order valence-corrected chi connectivity index (χ3v) is 5.50. The Morgan fingerprint density at radius 1 is 1.27 bits per heavy atom. The van der Waals surface area contributed by atoms with E-state index in [0.29, 0.717) is 18.8 Å². The molecule has 5 nitrogen and oxygen atoms in total. The van der Waals surface area contributed by atoms with Crippen LogP contribution in [-0.2, 0) is 16.1 Å². The number of rotatable bonds is 6. The normalized spacial score (nSPS) is 20.2. The number of carbonyl (C=O) groups excluding carboxylic acids is 1. The SMILES string of the molecule is COC(=O)C1CN(Cc2cccc3ccccc23)CCN1CC(N)CS. The summed E-state index contributed by atoms with van der Waals surface area (Å²) in [6.07, 6.45) is 0. The monoisotopic (exact) mass is 373 g/mol. The van der Waals surface area contributed by atoms with E-state index in [-0.39, 0.29) is 18.1 Å². The minimum absolute atomic E-state index is 0.0462. The Morgan fingerprint density at radius 2 is 2.04 bits per heavy atom. The number of methoxy groups -OCH3 is 1. The Balaban J connectivity index is 1.74. The van der Waals surface area contributed by atoms with Crippen molar-refractivity contribution in [2.75, 3.05) is 39.0 Å². The quantitative estimate of drug-likeness (QED) is 0.597. The summed E-state index contributed by atoms with van der Waals surface area (Å²) in [6.45, 7) is 3.82. The fourth-order valence-electron chi connectivity index (χ4n) is 3.63. The molecule has 1 aliphatic heterocycles. The van der Waals surface area contributed by atoms with Crippen molar-refractivity contribution in [2.24, 2.45) is 5.73 Å². The van der Waals surface area contributed by atoms with Gasteiger partial charge in [-0.2, -0.15) is 12.6 Å². The molecular formula is C20H27N3O2S. The number of esters is 1. The van der Waals surface area contributed by atoms with Crippen molar-refractivity contribution in [1.29, 1.82) is 0 Å². The molecule has 2 aromatic rings. The topological polar surface area (TPSA) is 58.8 Å². The van der Waals surface area contributed by atoms with Gasteiger partial charge in [-0.05, 0) is 16.3 Å². The Hall–Kier alpha value is -1.60. The lowest BCUT2D eigenvalue weighted by molar-refractivity contribution is -0.149. The molecule has 1 fully saturated rings. The number of nitrogens with two attached hydrogens (primary N) is 1. The first kappa shape index (κ1) is 19.2. The number of piperazine rings is 1. The molecule has 0 aromatic heterocycles. The van der Waals surface area contributed by atoms with Gasteiger partial charge in [-0.1, -0.05) is 42.5 Å². The summed E-state index contributed by atoms with van der Waals surface area (Å²) in [7, 11) is 1.45. The van der Waals surface area contributed by atoms with Crippen molar-refractivity contribution < 1.29 is 9.53 Å². The molecule has 2 atom stereocenters. The third kappa shape index (κ3) is 4.38. The van der Waals surface area contributed by atoms with Crippen LogP contribution in [0.2, 0.25) is 0 Å². The molecule has 2 aromatic carbocycles. The van der Waals surface area contributed by atoms with Gasteiger partial charge in [0.2, 0.25) is 0 Å². The zero-order valence-electron chi connectivity index (χ0n) is 15.2. The predicted octanol–water partition coefficient (Wildman–Crippen LogP) is 1.76. The summed E-state index contributed by atoms with van der Waals surface area (Å²) in [6, 6.07) is 14.5. The van der Waals surface area contributed by atoms with Crippen LogP contribution in [0.3, 0.4) is 0 Å². The lowest BCUT2D eigenvalue weighted by Gasteiger charge is -2.40. The van der Waals surface area contributed by atoms with E-state index in [1.165, 1.54) is 23.4 Å². The van der Waals surface area contributed by atoms with E-state index < -0.39 is 0 Å². The minimum atomic E-state index is -0.283. The highest BCUT2D eigenvalue weighted by Crippen LogP contribution is 2.22. The van der Waals surface area contributed by atoms with Gasteiger partial charge < -0.3 is 10.5 Å². The van der Waals surface area contributed by atoms with E-state index in [9.17, 15) is 4.79 Å². The second-order valence-electron chi connectivity index (χ2n) is 6.85. The van der Waals surface area contributed by atoms with Crippen LogP contribution in [0, 0.1) is 0 Å². The van der Waals surface area contributed by atoms with Gasteiger partial charge in [0, 0.05) is 44.5 Å². The van der Waals surface area contributed by atoms with Crippen molar-refractivity contribution in [3.05, 3.63) is 48.0 Å².